The number of rotatable bonds is 2. The van der Waals surface area contributed by atoms with E-state index < -0.39 is 0 Å². The van der Waals surface area contributed by atoms with E-state index in [4.69, 9.17) is 10.2 Å². The molecule has 2 N–H and O–H groups in total. The van der Waals surface area contributed by atoms with Crippen molar-refractivity contribution in [1.29, 1.82) is 0 Å². The molecule has 4 nitrogen and oxygen atoms in total. The van der Waals surface area contributed by atoms with Gasteiger partial charge in [-0.2, -0.15) is 4.98 Å². The highest BCUT2D eigenvalue weighted by Crippen LogP contribution is 2.23. The first kappa shape index (κ1) is 9.86. The number of nitrogen functional groups attached to an aromatic ring is 1. The molecule has 0 fully saturated rings. The van der Waals surface area contributed by atoms with Gasteiger partial charge in [0.25, 0.3) is 6.01 Å². The van der Waals surface area contributed by atoms with Crippen molar-refractivity contribution >= 4 is 17.4 Å². The summed E-state index contributed by atoms with van der Waals surface area (Å²) in [5.74, 6) is 0.931. The molecule has 1 aliphatic rings. The monoisotopic (exact) mass is 235 g/mol. The van der Waals surface area contributed by atoms with Gasteiger partial charge >= 0.3 is 0 Å². The van der Waals surface area contributed by atoms with Crippen LogP contribution in [-0.4, -0.2) is 16.4 Å². The Balaban J connectivity index is 1.73. The lowest BCUT2D eigenvalue weighted by Crippen LogP contribution is -2.29. The van der Waals surface area contributed by atoms with Crippen molar-refractivity contribution in [3.05, 3.63) is 33.8 Å². The summed E-state index contributed by atoms with van der Waals surface area (Å²) >= 11 is 1.79. The van der Waals surface area contributed by atoms with Gasteiger partial charge in [-0.25, -0.2) is 0 Å². The molecule has 0 aliphatic carbocycles. The second-order valence-corrected chi connectivity index (χ2v) is 4.99. The highest BCUT2D eigenvalue weighted by molar-refractivity contribution is 7.09. The van der Waals surface area contributed by atoms with Crippen molar-refractivity contribution in [3.63, 3.8) is 0 Å². The Labute approximate surface area is 97.7 Å². The number of thiophene rings is 1. The van der Waals surface area contributed by atoms with Crippen LogP contribution in [0, 0.1) is 0 Å². The maximum atomic E-state index is 5.55. The van der Waals surface area contributed by atoms with E-state index in [2.05, 4.69) is 27.4 Å². The van der Waals surface area contributed by atoms with E-state index in [9.17, 15) is 0 Å². The third-order valence-electron chi connectivity index (χ3n) is 2.79. The van der Waals surface area contributed by atoms with Crippen LogP contribution in [0.25, 0.3) is 0 Å². The predicted molar refractivity (Wildman–Crippen MR) is 63.1 cm³/mol. The molecule has 0 bridgehead atoms. The molecule has 0 spiro atoms. The number of nitrogens with zero attached hydrogens (tertiary/aromatic N) is 2. The van der Waals surface area contributed by atoms with Crippen molar-refractivity contribution in [2.24, 2.45) is 0 Å². The summed E-state index contributed by atoms with van der Waals surface area (Å²) in [6, 6.07) is 4.54. The van der Waals surface area contributed by atoms with Gasteiger partial charge < -0.3 is 10.2 Å². The van der Waals surface area contributed by atoms with Crippen LogP contribution < -0.4 is 5.73 Å². The zero-order valence-electron chi connectivity index (χ0n) is 8.85. The minimum absolute atomic E-state index is 0.294. The van der Waals surface area contributed by atoms with Crippen LogP contribution in [0.1, 0.15) is 16.3 Å². The smallest absolute Gasteiger partial charge is 0.292 e. The summed E-state index contributed by atoms with van der Waals surface area (Å²) in [4.78, 5) is 7.91. The van der Waals surface area contributed by atoms with Crippen molar-refractivity contribution < 1.29 is 4.42 Å². The Bertz CT molecular complexity index is 477. The van der Waals surface area contributed by atoms with E-state index in [-0.39, 0.29) is 0 Å². The number of hydrogen-bond donors (Lipinski definition) is 1. The Kier molecular flexibility index (Phi) is 2.41. The summed E-state index contributed by atoms with van der Waals surface area (Å²) in [6.45, 7) is 2.83. The lowest BCUT2D eigenvalue weighted by Gasteiger charge is -2.24. The fourth-order valence-electron chi connectivity index (χ4n) is 2.03. The average Bonchev–Trinajstić information content (AvgIpc) is 2.85. The van der Waals surface area contributed by atoms with Crippen LogP contribution in [0.15, 0.2) is 21.9 Å². The maximum absolute atomic E-state index is 5.55. The van der Waals surface area contributed by atoms with Crippen LogP contribution in [0.3, 0.4) is 0 Å². The minimum atomic E-state index is 0.294. The number of fused-ring (bicyclic) bond motifs is 1. The molecule has 1 aliphatic heterocycles. The van der Waals surface area contributed by atoms with Crippen molar-refractivity contribution in [2.45, 2.75) is 19.5 Å². The second-order valence-electron chi connectivity index (χ2n) is 3.96. The second kappa shape index (κ2) is 3.92. The summed E-state index contributed by atoms with van der Waals surface area (Å²) in [6.07, 6.45) is 0.932. The van der Waals surface area contributed by atoms with Gasteiger partial charge in [-0.3, -0.25) is 4.90 Å². The highest BCUT2D eigenvalue weighted by atomic mass is 32.1. The molecule has 84 valence electrons. The predicted octanol–water partition coefficient (Wildman–Crippen LogP) is 1.88. The van der Waals surface area contributed by atoms with E-state index in [1.165, 1.54) is 4.88 Å². The number of nitrogens with two attached hydrogens (primary N) is 1. The molecule has 3 heterocycles. The summed E-state index contributed by atoms with van der Waals surface area (Å²) in [5.41, 5.74) is 6.57. The number of anilines is 1. The maximum Gasteiger partial charge on any atom is 0.292 e. The fraction of sp³-hybridized carbons (Fsp3) is 0.364. The lowest BCUT2D eigenvalue weighted by molar-refractivity contribution is 0.223. The van der Waals surface area contributed by atoms with Gasteiger partial charge in [-0.15, -0.1) is 11.3 Å². The Morgan fingerprint density at radius 3 is 3.31 bits per heavy atom. The first-order valence-electron chi connectivity index (χ1n) is 5.30. The zero-order valence-corrected chi connectivity index (χ0v) is 9.67. The van der Waals surface area contributed by atoms with Crippen molar-refractivity contribution in [3.8, 4) is 0 Å². The Hall–Kier alpha value is -1.33. The fourth-order valence-corrected chi connectivity index (χ4v) is 2.77. The van der Waals surface area contributed by atoms with E-state index in [0.717, 1.165) is 37.5 Å². The van der Waals surface area contributed by atoms with E-state index in [1.54, 1.807) is 11.3 Å². The molecule has 2 aromatic heterocycles. The van der Waals surface area contributed by atoms with Gasteiger partial charge in [-0.1, -0.05) is 6.07 Å². The molecule has 0 radical (unpaired) electrons. The summed E-state index contributed by atoms with van der Waals surface area (Å²) < 4.78 is 5.38. The third-order valence-corrected chi connectivity index (χ3v) is 3.65. The first-order chi connectivity index (χ1) is 7.81. The minimum Gasteiger partial charge on any atom is -0.427 e. The SMILES string of the molecule is Nc1nc2c(o1)CN(Cc1cccs1)CC2. The van der Waals surface area contributed by atoms with Crippen LogP contribution in [0.4, 0.5) is 6.01 Å². The van der Waals surface area contributed by atoms with Crippen LogP contribution >= 0.6 is 11.3 Å². The summed E-state index contributed by atoms with van der Waals surface area (Å²) in [7, 11) is 0. The first-order valence-corrected chi connectivity index (χ1v) is 6.18. The van der Waals surface area contributed by atoms with Gasteiger partial charge in [0.05, 0.1) is 12.2 Å². The van der Waals surface area contributed by atoms with Crippen LogP contribution in [0.2, 0.25) is 0 Å². The number of aromatic nitrogens is 1. The molecule has 0 saturated heterocycles. The normalized spacial score (nSPS) is 16.2. The molecule has 0 unspecified atom stereocenters. The molecule has 5 heteroatoms. The van der Waals surface area contributed by atoms with Crippen molar-refractivity contribution in [2.75, 3.05) is 12.3 Å². The van der Waals surface area contributed by atoms with Gasteiger partial charge in [0.15, 0.2) is 0 Å². The topological polar surface area (TPSA) is 55.3 Å². The zero-order chi connectivity index (χ0) is 11.0. The van der Waals surface area contributed by atoms with Crippen LogP contribution in [0.5, 0.6) is 0 Å². The van der Waals surface area contributed by atoms with Gasteiger partial charge in [-0.05, 0) is 11.4 Å². The van der Waals surface area contributed by atoms with Gasteiger partial charge in [0.1, 0.15) is 5.76 Å². The molecule has 16 heavy (non-hydrogen) atoms. The highest BCUT2D eigenvalue weighted by Gasteiger charge is 2.21. The molecule has 0 amide bonds. The molecule has 2 aromatic rings. The molecular formula is C11H13N3OS. The van der Waals surface area contributed by atoms with E-state index >= 15 is 0 Å². The Morgan fingerprint density at radius 2 is 2.50 bits per heavy atom. The van der Waals surface area contributed by atoms with E-state index in [0.29, 0.717) is 6.01 Å². The molecule has 0 saturated carbocycles. The number of hydrogen-bond acceptors (Lipinski definition) is 5. The quantitative estimate of drug-likeness (QED) is 0.863. The molecule has 3 rings (SSSR count). The molecule has 0 aromatic carbocycles. The van der Waals surface area contributed by atoms with Crippen LogP contribution in [-0.2, 0) is 19.5 Å². The molecule has 0 atom stereocenters. The average molecular weight is 235 g/mol. The van der Waals surface area contributed by atoms with Crippen molar-refractivity contribution in [1.82, 2.24) is 9.88 Å². The standard InChI is InChI=1S/C11H13N3OS/c12-11-13-9-3-4-14(7-10(9)15-11)6-8-2-1-5-16-8/h1-2,5H,3-4,6-7H2,(H2,12,13). The van der Waals surface area contributed by atoms with E-state index in [1.807, 2.05) is 0 Å². The number of oxazole rings is 1. The largest absolute Gasteiger partial charge is 0.427 e. The third kappa shape index (κ3) is 1.83. The Morgan fingerprint density at radius 1 is 1.56 bits per heavy atom. The lowest BCUT2D eigenvalue weighted by atomic mass is 10.1. The van der Waals surface area contributed by atoms with Gasteiger partial charge in [0, 0.05) is 24.4 Å². The summed E-state index contributed by atoms with van der Waals surface area (Å²) in [5, 5.41) is 2.11. The molecular weight excluding hydrogens is 222 g/mol. The van der Waals surface area contributed by atoms with Gasteiger partial charge in [0.2, 0.25) is 0 Å².